The second-order valence-corrected chi connectivity index (χ2v) is 10.2. The van der Waals surface area contributed by atoms with Gasteiger partial charge in [0.25, 0.3) is 0 Å². The molecular formula is C33H28F3N3O3. The van der Waals surface area contributed by atoms with Crippen LogP contribution >= 0.6 is 0 Å². The molecule has 1 atom stereocenters. The van der Waals surface area contributed by atoms with E-state index in [0.29, 0.717) is 34.9 Å². The van der Waals surface area contributed by atoms with Gasteiger partial charge in [-0.15, -0.1) is 0 Å². The summed E-state index contributed by atoms with van der Waals surface area (Å²) < 4.78 is 50.8. The minimum Gasteiger partial charge on any atom is -0.493 e. The largest absolute Gasteiger partial charge is 0.493 e. The summed E-state index contributed by atoms with van der Waals surface area (Å²) in [6, 6.07) is 25.4. The van der Waals surface area contributed by atoms with Crippen LogP contribution in [0.2, 0.25) is 0 Å². The molecule has 5 rings (SSSR count). The number of benzene rings is 4. The lowest BCUT2D eigenvalue weighted by molar-refractivity contribution is -0.137. The molecule has 0 spiro atoms. The molecular weight excluding hydrogens is 543 g/mol. The van der Waals surface area contributed by atoms with Crippen LogP contribution < -0.4 is 15.2 Å². The Labute approximate surface area is 241 Å². The number of alkyl halides is 3. The molecule has 1 aromatic heterocycles. The molecule has 42 heavy (non-hydrogen) atoms. The van der Waals surface area contributed by atoms with Crippen molar-refractivity contribution in [3.8, 4) is 22.8 Å². The van der Waals surface area contributed by atoms with Crippen molar-refractivity contribution in [3.05, 3.63) is 120 Å². The molecule has 2 N–H and O–H groups in total. The third-order valence-corrected chi connectivity index (χ3v) is 7.34. The van der Waals surface area contributed by atoms with Gasteiger partial charge in [0, 0.05) is 17.0 Å². The maximum atomic E-state index is 13.0. The van der Waals surface area contributed by atoms with Gasteiger partial charge in [0.05, 0.1) is 29.3 Å². The van der Waals surface area contributed by atoms with Crippen molar-refractivity contribution in [1.29, 1.82) is 0 Å². The standard InChI is InChI=1S/C33H28F3N3O3/c1-32(31(37)40,24-12-14-25(15-13-24)33(34,35)36)18-21-8-10-23(11-9-21)30-26-16-28(41-2)29(17-27(26)38-20-39-30)42-19-22-6-4-3-5-7-22/h3-17,20H,18-19H2,1-2H3,(H2,37,40). The molecule has 5 aromatic rings. The van der Waals surface area contributed by atoms with Gasteiger partial charge in [-0.3, -0.25) is 4.79 Å². The number of hydrogen-bond acceptors (Lipinski definition) is 5. The summed E-state index contributed by atoms with van der Waals surface area (Å²) in [7, 11) is 1.57. The number of rotatable bonds is 9. The van der Waals surface area contributed by atoms with Crippen molar-refractivity contribution in [2.24, 2.45) is 5.73 Å². The van der Waals surface area contributed by atoms with Crippen LogP contribution in [0.1, 0.15) is 29.2 Å². The summed E-state index contributed by atoms with van der Waals surface area (Å²) in [4.78, 5) is 21.5. The van der Waals surface area contributed by atoms with E-state index in [1.54, 1.807) is 14.0 Å². The number of ether oxygens (including phenoxy) is 2. The molecule has 0 saturated carbocycles. The van der Waals surface area contributed by atoms with Gasteiger partial charge in [0.1, 0.15) is 12.9 Å². The van der Waals surface area contributed by atoms with E-state index in [1.165, 1.54) is 18.5 Å². The van der Waals surface area contributed by atoms with E-state index in [-0.39, 0.29) is 6.42 Å². The molecule has 1 unspecified atom stereocenters. The SMILES string of the molecule is COc1cc2c(-c3ccc(CC(C)(C(N)=O)c4ccc(C(F)(F)F)cc4)cc3)ncnc2cc1OCc1ccccc1. The lowest BCUT2D eigenvalue weighted by Gasteiger charge is -2.27. The predicted octanol–water partition coefficient (Wildman–Crippen LogP) is 6.89. The molecule has 0 fully saturated rings. The Hall–Kier alpha value is -4.92. The van der Waals surface area contributed by atoms with E-state index in [4.69, 9.17) is 15.2 Å². The monoisotopic (exact) mass is 571 g/mol. The molecule has 0 saturated heterocycles. The fourth-order valence-corrected chi connectivity index (χ4v) is 4.85. The number of fused-ring (bicyclic) bond motifs is 1. The zero-order valence-corrected chi connectivity index (χ0v) is 23.0. The van der Waals surface area contributed by atoms with Gasteiger partial charge in [-0.25, -0.2) is 9.97 Å². The minimum absolute atomic E-state index is 0.203. The first-order chi connectivity index (χ1) is 20.1. The minimum atomic E-state index is -4.47. The Balaban J connectivity index is 1.41. The van der Waals surface area contributed by atoms with Crippen LogP contribution in [0.25, 0.3) is 22.2 Å². The number of nitrogens with two attached hydrogens (primary N) is 1. The molecule has 1 amide bonds. The average molecular weight is 572 g/mol. The first-order valence-electron chi connectivity index (χ1n) is 13.1. The Bertz CT molecular complexity index is 1710. The molecule has 6 nitrogen and oxygen atoms in total. The van der Waals surface area contributed by atoms with Crippen molar-refractivity contribution in [3.63, 3.8) is 0 Å². The Kier molecular flexibility index (Phi) is 7.85. The Morgan fingerprint density at radius 3 is 2.12 bits per heavy atom. The molecule has 0 radical (unpaired) electrons. The van der Waals surface area contributed by atoms with Crippen molar-refractivity contribution >= 4 is 16.8 Å². The normalized spacial score (nSPS) is 13.0. The Morgan fingerprint density at radius 1 is 0.833 bits per heavy atom. The van der Waals surface area contributed by atoms with Gasteiger partial charge in [-0.1, -0.05) is 66.7 Å². The van der Waals surface area contributed by atoms with Crippen LogP contribution in [0.15, 0.2) is 97.3 Å². The summed E-state index contributed by atoms with van der Waals surface area (Å²) in [6.07, 6.45) is -2.79. The highest BCUT2D eigenvalue weighted by Gasteiger charge is 2.35. The second-order valence-electron chi connectivity index (χ2n) is 10.2. The summed E-state index contributed by atoms with van der Waals surface area (Å²) >= 11 is 0. The van der Waals surface area contributed by atoms with Crippen LogP contribution in [0, 0.1) is 0 Å². The van der Waals surface area contributed by atoms with Crippen molar-refractivity contribution in [1.82, 2.24) is 9.97 Å². The topological polar surface area (TPSA) is 87.3 Å². The second kappa shape index (κ2) is 11.5. The van der Waals surface area contributed by atoms with Gasteiger partial charge in [0.15, 0.2) is 11.5 Å². The predicted molar refractivity (Wildman–Crippen MR) is 154 cm³/mol. The summed E-state index contributed by atoms with van der Waals surface area (Å²) in [5.74, 6) is 0.466. The summed E-state index contributed by atoms with van der Waals surface area (Å²) in [6.45, 7) is 2.01. The maximum absolute atomic E-state index is 13.0. The van der Waals surface area contributed by atoms with E-state index in [2.05, 4.69) is 9.97 Å². The van der Waals surface area contributed by atoms with Gasteiger partial charge in [-0.2, -0.15) is 13.2 Å². The highest BCUT2D eigenvalue weighted by Crippen LogP contribution is 2.37. The van der Waals surface area contributed by atoms with Gasteiger partial charge in [-0.05, 0) is 48.2 Å². The molecule has 1 heterocycles. The van der Waals surface area contributed by atoms with E-state index >= 15 is 0 Å². The molecule has 0 aliphatic heterocycles. The van der Waals surface area contributed by atoms with Crippen LogP contribution in [0.4, 0.5) is 13.2 Å². The van der Waals surface area contributed by atoms with Crippen LogP contribution in [-0.4, -0.2) is 23.0 Å². The number of primary amides is 1. The van der Waals surface area contributed by atoms with E-state index in [1.807, 2.05) is 66.7 Å². The number of halogens is 3. The first-order valence-corrected chi connectivity index (χ1v) is 13.1. The quantitative estimate of drug-likeness (QED) is 0.208. The van der Waals surface area contributed by atoms with Gasteiger partial charge in [0.2, 0.25) is 5.91 Å². The van der Waals surface area contributed by atoms with Crippen LogP contribution in [0.5, 0.6) is 11.5 Å². The number of methoxy groups -OCH3 is 1. The number of nitrogens with zero attached hydrogens (tertiary/aromatic N) is 2. The van der Waals surface area contributed by atoms with Crippen molar-refractivity contribution < 1.29 is 27.4 Å². The zero-order chi connectivity index (χ0) is 29.9. The van der Waals surface area contributed by atoms with Crippen molar-refractivity contribution in [2.75, 3.05) is 7.11 Å². The van der Waals surface area contributed by atoms with E-state index < -0.39 is 23.1 Å². The molecule has 9 heteroatoms. The highest BCUT2D eigenvalue weighted by molar-refractivity contribution is 5.94. The lowest BCUT2D eigenvalue weighted by atomic mass is 9.76. The molecule has 0 aliphatic carbocycles. The molecule has 4 aromatic carbocycles. The van der Waals surface area contributed by atoms with Crippen molar-refractivity contribution in [2.45, 2.75) is 31.5 Å². The fourth-order valence-electron chi connectivity index (χ4n) is 4.85. The molecule has 0 aliphatic rings. The Morgan fingerprint density at radius 2 is 1.50 bits per heavy atom. The average Bonchev–Trinajstić information content (AvgIpc) is 2.99. The number of aromatic nitrogens is 2. The van der Waals surface area contributed by atoms with Gasteiger partial charge < -0.3 is 15.2 Å². The van der Waals surface area contributed by atoms with E-state index in [9.17, 15) is 18.0 Å². The molecule has 0 bridgehead atoms. The first kappa shape index (κ1) is 28.6. The van der Waals surface area contributed by atoms with Crippen LogP contribution in [-0.2, 0) is 29.4 Å². The maximum Gasteiger partial charge on any atom is 0.416 e. The molecule has 214 valence electrons. The summed E-state index contributed by atoms with van der Waals surface area (Å²) in [5, 5.41) is 0.765. The summed E-state index contributed by atoms with van der Waals surface area (Å²) in [5.41, 5.74) is 8.13. The lowest BCUT2D eigenvalue weighted by Crippen LogP contribution is -2.40. The zero-order valence-electron chi connectivity index (χ0n) is 23.0. The van der Waals surface area contributed by atoms with Gasteiger partial charge >= 0.3 is 6.18 Å². The van der Waals surface area contributed by atoms with E-state index in [0.717, 1.165) is 34.2 Å². The third kappa shape index (κ3) is 5.90. The number of carbonyl (C=O) groups is 1. The highest BCUT2D eigenvalue weighted by atomic mass is 19.4. The number of hydrogen-bond donors (Lipinski definition) is 1. The number of carbonyl (C=O) groups excluding carboxylic acids is 1. The smallest absolute Gasteiger partial charge is 0.416 e. The number of amides is 1. The van der Waals surface area contributed by atoms with Crippen LogP contribution in [0.3, 0.4) is 0 Å². The third-order valence-electron chi connectivity index (χ3n) is 7.34. The fraction of sp³-hybridized carbons (Fsp3) is 0.182.